The van der Waals surface area contributed by atoms with Crippen LogP contribution in [0.4, 0.5) is 5.69 Å². The molecule has 6 nitrogen and oxygen atoms in total. The fourth-order valence-electron chi connectivity index (χ4n) is 2.50. The zero-order valence-electron chi connectivity index (χ0n) is 15.0. The van der Waals surface area contributed by atoms with Crippen molar-refractivity contribution in [3.63, 3.8) is 0 Å². The van der Waals surface area contributed by atoms with E-state index in [1.54, 1.807) is 61.8 Å². The molecule has 0 spiro atoms. The fourth-order valence-corrected chi connectivity index (χ4v) is 3.73. The molecule has 144 valence electrons. The third kappa shape index (κ3) is 4.95. The smallest absolute Gasteiger partial charge is 0.255 e. The Kier molecular flexibility index (Phi) is 6.08. The summed E-state index contributed by atoms with van der Waals surface area (Å²) in [7, 11) is -3.68. The Balaban J connectivity index is 1.72. The lowest BCUT2D eigenvalue weighted by Gasteiger charge is -2.12. The van der Waals surface area contributed by atoms with Gasteiger partial charge in [-0.05, 0) is 72.6 Å². The van der Waals surface area contributed by atoms with Gasteiger partial charge in [-0.15, -0.1) is 0 Å². The maximum Gasteiger partial charge on any atom is 0.255 e. The van der Waals surface area contributed by atoms with Gasteiger partial charge >= 0.3 is 0 Å². The zero-order chi connectivity index (χ0) is 20.1. The summed E-state index contributed by atoms with van der Waals surface area (Å²) in [4.78, 5) is 16.4. The monoisotopic (exact) mass is 415 g/mol. The van der Waals surface area contributed by atoms with Crippen molar-refractivity contribution in [1.82, 2.24) is 9.71 Å². The first-order valence-corrected chi connectivity index (χ1v) is 10.3. The highest BCUT2D eigenvalue weighted by atomic mass is 35.5. The summed E-state index contributed by atoms with van der Waals surface area (Å²) in [6.07, 6.45) is 3.21. The van der Waals surface area contributed by atoms with Crippen LogP contribution in [0.15, 0.2) is 71.9 Å². The molecule has 3 aromatic rings. The molecule has 0 atom stereocenters. The maximum absolute atomic E-state index is 12.5. The topological polar surface area (TPSA) is 88.2 Å². The summed E-state index contributed by atoms with van der Waals surface area (Å²) < 4.78 is 27.6. The molecule has 2 aromatic carbocycles. The molecular formula is C20H18ClN3O3S. The number of carbonyl (C=O) groups excluding carboxylic acids is 1. The normalized spacial score (nSPS) is 11.2. The number of nitrogens with one attached hydrogen (secondary N) is 2. The number of halogens is 1. The highest BCUT2D eigenvalue weighted by Gasteiger charge is 2.16. The summed E-state index contributed by atoms with van der Waals surface area (Å²) in [5, 5.41) is 3.32. The number of carbonyl (C=O) groups is 1. The van der Waals surface area contributed by atoms with E-state index in [2.05, 4.69) is 15.0 Å². The van der Waals surface area contributed by atoms with Crippen molar-refractivity contribution in [2.75, 3.05) is 5.32 Å². The molecule has 1 amide bonds. The molecule has 0 aliphatic heterocycles. The van der Waals surface area contributed by atoms with Gasteiger partial charge in [0.2, 0.25) is 10.0 Å². The van der Waals surface area contributed by atoms with E-state index < -0.39 is 10.0 Å². The van der Waals surface area contributed by atoms with Crippen LogP contribution in [0.3, 0.4) is 0 Å². The highest BCUT2D eigenvalue weighted by molar-refractivity contribution is 7.89. The van der Waals surface area contributed by atoms with Gasteiger partial charge < -0.3 is 5.32 Å². The number of hydrogen-bond acceptors (Lipinski definition) is 4. The van der Waals surface area contributed by atoms with E-state index in [9.17, 15) is 13.2 Å². The van der Waals surface area contributed by atoms with Crippen LogP contribution in [0.5, 0.6) is 0 Å². The number of pyridine rings is 1. The first kappa shape index (κ1) is 20.0. The van der Waals surface area contributed by atoms with Gasteiger partial charge in [0, 0.05) is 35.2 Å². The Hall–Kier alpha value is -2.74. The Morgan fingerprint density at radius 2 is 1.71 bits per heavy atom. The second kappa shape index (κ2) is 8.52. The largest absolute Gasteiger partial charge is 0.322 e. The van der Waals surface area contributed by atoms with E-state index in [0.29, 0.717) is 21.8 Å². The summed E-state index contributed by atoms with van der Waals surface area (Å²) >= 11 is 5.83. The predicted molar refractivity (Wildman–Crippen MR) is 109 cm³/mol. The number of rotatable bonds is 6. The van der Waals surface area contributed by atoms with Gasteiger partial charge in [-0.2, -0.15) is 0 Å². The first-order chi connectivity index (χ1) is 13.3. The second-order valence-corrected chi connectivity index (χ2v) is 8.32. The van der Waals surface area contributed by atoms with Gasteiger partial charge in [0.1, 0.15) is 0 Å². The molecule has 0 aliphatic rings. The Morgan fingerprint density at radius 3 is 2.36 bits per heavy atom. The molecule has 3 rings (SSSR count). The summed E-state index contributed by atoms with van der Waals surface area (Å²) in [6.45, 7) is 1.90. The number of hydrogen-bond donors (Lipinski definition) is 2. The molecule has 0 saturated heterocycles. The molecule has 1 heterocycles. The lowest BCUT2D eigenvalue weighted by molar-refractivity contribution is 0.102. The van der Waals surface area contributed by atoms with E-state index in [4.69, 9.17) is 11.6 Å². The first-order valence-electron chi connectivity index (χ1n) is 8.41. The molecule has 0 bridgehead atoms. The number of benzene rings is 2. The number of aryl methyl sites for hydroxylation is 1. The zero-order valence-corrected chi connectivity index (χ0v) is 16.6. The molecule has 0 saturated carbocycles. The van der Waals surface area contributed by atoms with E-state index in [-0.39, 0.29) is 17.3 Å². The van der Waals surface area contributed by atoms with Crippen LogP contribution in [-0.4, -0.2) is 19.3 Å². The Labute approximate surface area is 168 Å². The molecule has 8 heteroatoms. The second-order valence-electron chi connectivity index (χ2n) is 6.12. The van der Waals surface area contributed by atoms with Gasteiger partial charge in [-0.1, -0.05) is 11.6 Å². The van der Waals surface area contributed by atoms with Crippen LogP contribution < -0.4 is 10.0 Å². The number of nitrogens with zero attached hydrogens (tertiary/aromatic N) is 1. The van der Waals surface area contributed by atoms with Crippen LogP contribution in [0.25, 0.3) is 0 Å². The van der Waals surface area contributed by atoms with E-state index in [1.807, 2.05) is 0 Å². The molecular weight excluding hydrogens is 398 g/mol. The molecule has 0 radical (unpaired) electrons. The van der Waals surface area contributed by atoms with Gasteiger partial charge in [0.15, 0.2) is 0 Å². The van der Waals surface area contributed by atoms with Crippen molar-refractivity contribution in [3.05, 3.63) is 88.7 Å². The number of aromatic nitrogens is 1. The minimum atomic E-state index is -3.68. The lowest BCUT2D eigenvalue weighted by atomic mass is 10.1. The summed E-state index contributed by atoms with van der Waals surface area (Å²) in [5.74, 6) is -0.300. The Bertz CT molecular complexity index is 1090. The lowest BCUT2D eigenvalue weighted by Crippen LogP contribution is -2.23. The third-order valence-electron chi connectivity index (χ3n) is 4.08. The van der Waals surface area contributed by atoms with Crippen LogP contribution in [-0.2, 0) is 16.6 Å². The van der Waals surface area contributed by atoms with Gasteiger partial charge in [0.25, 0.3) is 5.91 Å². The van der Waals surface area contributed by atoms with E-state index in [1.165, 1.54) is 12.1 Å². The molecule has 0 fully saturated rings. The molecule has 0 aliphatic carbocycles. The minimum Gasteiger partial charge on any atom is -0.322 e. The standard InChI is InChI=1S/C20H18ClN3O3S/c1-14-12-18(28(26,27)23-13-15-8-10-22-11-9-15)6-7-19(14)24-20(25)16-2-4-17(21)5-3-16/h2-12,23H,13H2,1H3,(H,24,25). The van der Waals surface area contributed by atoms with Crippen LogP contribution in [0, 0.1) is 6.92 Å². The van der Waals surface area contributed by atoms with Crippen LogP contribution in [0.2, 0.25) is 5.02 Å². The van der Waals surface area contributed by atoms with Crippen molar-refractivity contribution in [3.8, 4) is 0 Å². The van der Waals surface area contributed by atoms with Gasteiger partial charge in [-0.3, -0.25) is 9.78 Å². The van der Waals surface area contributed by atoms with Gasteiger partial charge in [0.05, 0.1) is 4.90 Å². The van der Waals surface area contributed by atoms with Crippen molar-refractivity contribution < 1.29 is 13.2 Å². The summed E-state index contributed by atoms with van der Waals surface area (Å²) in [5.41, 5.74) is 2.43. The third-order valence-corrected chi connectivity index (χ3v) is 5.73. The Morgan fingerprint density at radius 1 is 1.04 bits per heavy atom. The maximum atomic E-state index is 12.5. The quantitative estimate of drug-likeness (QED) is 0.641. The molecule has 28 heavy (non-hydrogen) atoms. The molecule has 2 N–H and O–H groups in total. The SMILES string of the molecule is Cc1cc(S(=O)(=O)NCc2ccncc2)ccc1NC(=O)c1ccc(Cl)cc1. The van der Waals surface area contributed by atoms with Crippen LogP contribution in [0.1, 0.15) is 21.5 Å². The number of amides is 1. The van der Waals surface area contributed by atoms with Crippen molar-refractivity contribution in [1.29, 1.82) is 0 Å². The van der Waals surface area contributed by atoms with E-state index >= 15 is 0 Å². The average Bonchev–Trinajstić information content (AvgIpc) is 2.69. The highest BCUT2D eigenvalue weighted by Crippen LogP contribution is 2.21. The number of anilines is 1. The van der Waals surface area contributed by atoms with E-state index in [0.717, 1.165) is 5.56 Å². The average molecular weight is 416 g/mol. The predicted octanol–water partition coefficient (Wildman–Crippen LogP) is 3.77. The minimum absolute atomic E-state index is 0.128. The van der Waals surface area contributed by atoms with Crippen molar-refractivity contribution >= 4 is 33.2 Å². The van der Waals surface area contributed by atoms with Crippen LogP contribution >= 0.6 is 11.6 Å². The van der Waals surface area contributed by atoms with Crippen molar-refractivity contribution in [2.24, 2.45) is 0 Å². The van der Waals surface area contributed by atoms with Crippen molar-refractivity contribution in [2.45, 2.75) is 18.4 Å². The number of sulfonamides is 1. The van der Waals surface area contributed by atoms with Gasteiger partial charge in [-0.25, -0.2) is 13.1 Å². The molecule has 1 aromatic heterocycles. The molecule has 0 unspecified atom stereocenters. The summed E-state index contributed by atoms with van der Waals surface area (Å²) in [6, 6.07) is 14.5. The fraction of sp³-hybridized carbons (Fsp3) is 0.100.